The van der Waals surface area contributed by atoms with Crippen molar-refractivity contribution in [3.8, 4) is 5.75 Å². The summed E-state index contributed by atoms with van der Waals surface area (Å²) in [5, 5.41) is 0. The van der Waals surface area contributed by atoms with E-state index in [4.69, 9.17) is 9.47 Å². The molecular formula is C21H25NO5S. The zero-order valence-electron chi connectivity index (χ0n) is 16.4. The summed E-state index contributed by atoms with van der Waals surface area (Å²) in [6.07, 6.45) is 0.0423. The lowest BCUT2D eigenvalue weighted by Gasteiger charge is -2.17. The van der Waals surface area contributed by atoms with Gasteiger partial charge >= 0.3 is 5.97 Å². The number of likely N-dealkylation sites (N-methyl/N-ethyl adjacent to an activating group) is 1. The highest BCUT2D eigenvalue weighted by atomic mass is 32.1. The monoisotopic (exact) mass is 403 g/mol. The quantitative estimate of drug-likeness (QED) is 0.447. The number of Topliss-reactive ketones (excluding diaryl/α,β-unsaturated/α-hetero) is 1. The van der Waals surface area contributed by atoms with Crippen LogP contribution in [-0.2, 0) is 20.9 Å². The summed E-state index contributed by atoms with van der Waals surface area (Å²) in [5.74, 6) is -0.165. The van der Waals surface area contributed by atoms with Gasteiger partial charge in [-0.05, 0) is 43.7 Å². The maximum atomic E-state index is 12.1. The number of ketones is 1. The molecular weight excluding hydrogens is 378 g/mol. The van der Waals surface area contributed by atoms with E-state index in [9.17, 15) is 14.4 Å². The van der Waals surface area contributed by atoms with Gasteiger partial charge in [-0.25, -0.2) is 0 Å². The van der Waals surface area contributed by atoms with Crippen LogP contribution in [0.2, 0.25) is 0 Å². The van der Waals surface area contributed by atoms with Crippen LogP contribution in [0.3, 0.4) is 0 Å². The average molecular weight is 404 g/mol. The van der Waals surface area contributed by atoms with Gasteiger partial charge in [0.2, 0.25) is 0 Å². The zero-order valence-corrected chi connectivity index (χ0v) is 17.2. The van der Waals surface area contributed by atoms with E-state index in [1.807, 2.05) is 44.2 Å². The molecule has 1 aromatic heterocycles. The predicted molar refractivity (Wildman–Crippen MR) is 108 cm³/mol. The maximum absolute atomic E-state index is 12.1. The molecule has 1 aromatic carbocycles. The van der Waals surface area contributed by atoms with Gasteiger partial charge in [-0.15, -0.1) is 11.3 Å². The number of esters is 1. The third-order valence-electron chi connectivity index (χ3n) is 4.01. The molecule has 0 N–H and O–H groups in total. The number of ether oxygens (including phenoxy) is 2. The van der Waals surface area contributed by atoms with Gasteiger partial charge < -0.3 is 14.4 Å². The van der Waals surface area contributed by atoms with Crippen molar-refractivity contribution in [1.82, 2.24) is 4.90 Å². The highest BCUT2D eigenvalue weighted by Gasteiger charge is 2.15. The lowest BCUT2D eigenvalue weighted by Crippen LogP contribution is -2.30. The molecule has 0 aliphatic carbocycles. The highest BCUT2D eigenvalue weighted by molar-refractivity contribution is 7.14. The van der Waals surface area contributed by atoms with Crippen LogP contribution in [0.15, 0.2) is 36.4 Å². The van der Waals surface area contributed by atoms with E-state index in [1.165, 1.54) is 16.2 Å². The van der Waals surface area contributed by atoms with Crippen molar-refractivity contribution in [2.24, 2.45) is 0 Å². The lowest BCUT2D eigenvalue weighted by molar-refractivity contribution is -0.151. The second kappa shape index (κ2) is 10.6. The summed E-state index contributed by atoms with van der Waals surface area (Å²) >= 11 is 1.40. The summed E-state index contributed by atoms with van der Waals surface area (Å²) < 4.78 is 10.4. The summed E-state index contributed by atoms with van der Waals surface area (Å²) in [5.41, 5.74) is 0.947. The first-order chi connectivity index (χ1) is 13.4. The van der Waals surface area contributed by atoms with E-state index >= 15 is 0 Å². The van der Waals surface area contributed by atoms with Gasteiger partial charge in [0.1, 0.15) is 5.75 Å². The Balaban J connectivity index is 1.71. The van der Waals surface area contributed by atoms with Crippen LogP contribution in [0, 0.1) is 6.92 Å². The van der Waals surface area contributed by atoms with Crippen molar-refractivity contribution in [1.29, 1.82) is 0 Å². The van der Waals surface area contributed by atoms with E-state index in [0.717, 1.165) is 16.2 Å². The number of nitrogens with zero attached hydrogens (tertiary/aromatic N) is 1. The molecule has 0 saturated carbocycles. The minimum Gasteiger partial charge on any atom is -0.494 e. The Labute approximate surface area is 169 Å². The molecule has 0 aliphatic heterocycles. The van der Waals surface area contributed by atoms with Crippen molar-refractivity contribution in [2.75, 3.05) is 20.3 Å². The molecule has 0 radical (unpaired) electrons. The van der Waals surface area contributed by atoms with Crippen molar-refractivity contribution in [3.63, 3.8) is 0 Å². The SMILES string of the molecule is CCOc1ccc(CN(C)C(=O)COC(=O)CCC(=O)c2ccc(C)s2)cc1. The third kappa shape index (κ3) is 6.81. The average Bonchev–Trinajstić information content (AvgIpc) is 3.12. The molecule has 2 rings (SSSR count). The second-order valence-electron chi connectivity index (χ2n) is 6.32. The second-order valence-corrected chi connectivity index (χ2v) is 7.61. The van der Waals surface area contributed by atoms with Crippen molar-refractivity contribution in [3.05, 3.63) is 51.7 Å². The fourth-order valence-corrected chi connectivity index (χ4v) is 3.30. The molecule has 2 aromatic rings. The molecule has 1 amide bonds. The first-order valence-corrected chi connectivity index (χ1v) is 9.91. The van der Waals surface area contributed by atoms with Crippen molar-refractivity contribution in [2.45, 2.75) is 33.2 Å². The smallest absolute Gasteiger partial charge is 0.306 e. The number of rotatable bonds is 10. The Morgan fingerprint density at radius 1 is 1.04 bits per heavy atom. The Bertz CT molecular complexity index is 812. The standard InChI is InChI=1S/C21H25NO5S/c1-4-26-17-8-6-16(7-9-17)13-22(3)20(24)14-27-21(25)12-10-18(23)19-11-5-15(2)28-19/h5-9,11H,4,10,12-14H2,1-3H3. The van der Waals surface area contributed by atoms with Gasteiger partial charge in [0, 0.05) is 24.9 Å². The van der Waals surface area contributed by atoms with Crippen LogP contribution in [0.25, 0.3) is 0 Å². The fraction of sp³-hybridized carbons (Fsp3) is 0.381. The molecule has 0 saturated heterocycles. The first kappa shape index (κ1) is 21.6. The summed E-state index contributed by atoms with van der Waals surface area (Å²) in [4.78, 5) is 39.1. The van der Waals surface area contributed by atoms with E-state index in [2.05, 4.69) is 0 Å². The maximum Gasteiger partial charge on any atom is 0.306 e. The highest BCUT2D eigenvalue weighted by Crippen LogP contribution is 2.17. The molecule has 0 aliphatic rings. The number of aryl methyl sites for hydroxylation is 1. The topological polar surface area (TPSA) is 72.9 Å². The van der Waals surface area contributed by atoms with Gasteiger partial charge in [-0.2, -0.15) is 0 Å². The molecule has 0 bridgehead atoms. The Kier molecular flexibility index (Phi) is 8.19. The largest absolute Gasteiger partial charge is 0.494 e. The molecule has 0 spiro atoms. The van der Waals surface area contributed by atoms with Gasteiger partial charge in [-0.3, -0.25) is 14.4 Å². The van der Waals surface area contributed by atoms with Crippen LogP contribution >= 0.6 is 11.3 Å². The number of hydrogen-bond donors (Lipinski definition) is 0. The van der Waals surface area contributed by atoms with Crippen LogP contribution in [0.4, 0.5) is 0 Å². The molecule has 1 heterocycles. The third-order valence-corrected chi connectivity index (χ3v) is 5.05. The van der Waals surface area contributed by atoms with Gasteiger partial charge in [0.15, 0.2) is 12.4 Å². The number of carbonyl (C=O) groups excluding carboxylic acids is 3. The number of thiophene rings is 1. The number of benzene rings is 1. The molecule has 0 atom stereocenters. The first-order valence-electron chi connectivity index (χ1n) is 9.10. The summed E-state index contributed by atoms with van der Waals surface area (Å²) in [6.45, 7) is 4.51. The number of amides is 1. The number of carbonyl (C=O) groups is 3. The molecule has 7 heteroatoms. The molecule has 6 nitrogen and oxygen atoms in total. The molecule has 150 valence electrons. The van der Waals surface area contributed by atoms with Gasteiger partial charge in [0.25, 0.3) is 5.91 Å². The van der Waals surface area contributed by atoms with E-state index in [1.54, 1.807) is 13.1 Å². The molecule has 0 fully saturated rings. The van der Waals surface area contributed by atoms with Gasteiger partial charge in [0.05, 0.1) is 17.9 Å². The van der Waals surface area contributed by atoms with Crippen LogP contribution in [0.5, 0.6) is 5.75 Å². The zero-order chi connectivity index (χ0) is 20.5. The Morgan fingerprint density at radius 3 is 2.36 bits per heavy atom. The Hall–Kier alpha value is -2.67. The van der Waals surface area contributed by atoms with Gasteiger partial charge in [-0.1, -0.05) is 12.1 Å². The van der Waals surface area contributed by atoms with E-state index in [0.29, 0.717) is 18.0 Å². The van der Waals surface area contributed by atoms with Crippen LogP contribution < -0.4 is 4.74 Å². The van der Waals surface area contributed by atoms with Crippen molar-refractivity contribution >= 4 is 29.0 Å². The number of hydrogen-bond acceptors (Lipinski definition) is 6. The minimum atomic E-state index is -0.551. The molecule has 0 unspecified atom stereocenters. The lowest BCUT2D eigenvalue weighted by atomic mass is 10.2. The van der Waals surface area contributed by atoms with Crippen molar-refractivity contribution < 1.29 is 23.9 Å². The van der Waals surface area contributed by atoms with E-state index in [-0.39, 0.29) is 31.1 Å². The molecule has 28 heavy (non-hydrogen) atoms. The summed E-state index contributed by atoms with van der Waals surface area (Å²) in [6, 6.07) is 11.1. The predicted octanol–water partition coefficient (Wildman–Crippen LogP) is 3.62. The van der Waals surface area contributed by atoms with Crippen LogP contribution in [0.1, 0.15) is 39.9 Å². The van der Waals surface area contributed by atoms with E-state index < -0.39 is 5.97 Å². The fourth-order valence-electron chi connectivity index (χ4n) is 2.47. The normalized spacial score (nSPS) is 10.4. The summed E-state index contributed by atoms with van der Waals surface area (Å²) in [7, 11) is 1.65. The van der Waals surface area contributed by atoms with Crippen LogP contribution in [-0.4, -0.2) is 42.8 Å². The minimum absolute atomic E-state index is 0.0360. The Morgan fingerprint density at radius 2 is 1.75 bits per heavy atom.